The number of ether oxygens (including phenoxy) is 1. The van der Waals surface area contributed by atoms with Crippen LogP contribution in [0.1, 0.15) is 17.5 Å². The molecular formula is C10H12F2N2O. The maximum Gasteiger partial charge on any atom is 0.272 e. The van der Waals surface area contributed by atoms with E-state index in [2.05, 4.69) is 4.98 Å². The molecule has 0 aromatic carbocycles. The SMILES string of the molecule is COc1ncc(C2(N)CC2(F)F)cc1C. The summed E-state index contributed by atoms with van der Waals surface area (Å²) in [5, 5.41) is 0. The molecule has 0 amide bonds. The molecular weight excluding hydrogens is 202 g/mol. The monoisotopic (exact) mass is 214 g/mol. The van der Waals surface area contributed by atoms with E-state index >= 15 is 0 Å². The van der Waals surface area contributed by atoms with Gasteiger partial charge in [0.25, 0.3) is 5.92 Å². The zero-order valence-corrected chi connectivity index (χ0v) is 8.55. The molecule has 2 rings (SSSR count). The van der Waals surface area contributed by atoms with Gasteiger partial charge in [-0.25, -0.2) is 13.8 Å². The van der Waals surface area contributed by atoms with Gasteiger partial charge in [0.05, 0.1) is 7.11 Å². The van der Waals surface area contributed by atoms with Crippen molar-refractivity contribution in [1.82, 2.24) is 4.98 Å². The van der Waals surface area contributed by atoms with Gasteiger partial charge >= 0.3 is 0 Å². The molecule has 0 spiro atoms. The number of methoxy groups -OCH3 is 1. The second kappa shape index (κ2) is 2.88. The van der Waals surface area contributed by atoms with Crippen molar-refractivity contribution < 1.29 is 13.5 Å². The molecule has 1 unspecified atom stereocenters. The van der Waals surface area contributed by atoms with Crippen LogP contribution < -0.4 is 10.5 Å². The number of aromatic nitrogens is 1. The van der Waals surface area contributed by atoms with Crippen LogP contribution in [-0.2, 0) is 5.54 Å². The second-order valence-electron chi connectivity index (χ2n) is 3.90. The molecule has 1 aliphatic carbocycles. The molecule has 15 heavy (non-hydrogen) atoms. The lowest BCUT2D eigenvalue weighted by Crippen LogP contribution is -2.27. The molecule has 1 saturated carbocycles. The summed E-state index contributed by atoms with van der Waals surface area (Å²) in [4.78, 5) is 3.93. The summed E-state index contributed by atoms with van der Waals surface area (Å²) in [5.41, 5.74) is 5.12. The molecule has 82 valence electrons. The van der Waals surface area contributed by atoms with Crippen LogP contribution >= 0.6 is 0 Å². The van der Waals surface area contributed by atoms with E-state index in [0.29, 0.717) is 17.0 Å². The molecule has 1 fully saturated rings. The smallest absolute Gasteiger partial charge is 0.272 e. The average molecular weight is 214 g/mol. The minimum atomic E-state index is -2.81. The number of hydrogen-bond acceptors (Lipinski definition) is 3. The molecule has 2 N–H and O–H groups in total. The summed E-state index contributed by atoms with van der Waals surface area (Å²) in [6.45, 7) is 1.75. The summed E-state index contributed by atoms with van der Waals surface area (Å²) in [7, 11) is 1.49. The van der Waals surface area contributed by atoms with Crippen LogP contribution in [0, 0.1) is 6.92 Å². The largest absolute Gasteiger partial charge is 0.481 e. The molecule has 0 aliphatic heterocycles. The Morgan fingerprint density at radius 3 is 2.53 bits per heavy atom. The van der Waals surface area contributed by atoms with Crippen molar-refractivity contribution in [2.24, 2.45) is 5.73 Å². The summed E-state index contributed by atoms with van der Waals surface area (Å²) in [6, 6.07) is 1.60. The van der Waals surface area contributed by atoms with Crippen molar-refractivity contribution in [3.8, 4) is 5.88 Å². The standard InChI is InChI=1S/C10H12F2N2O/c1-6-3-7(4-14-8(6)15-2)9(13)5-10(9,11)12/h3-4H,5,13H2,1-2H3. The topological polar surface area (TPSA) is 48.1 Å². The van der Waals surface area contributed by atoms with Crippen molar-refractivity contribution in [3.63, 3.8) is 0 Å². The molecule has 0 bridgehead atoms. The molecule has 3 nitrogen and oxygen atoms in total. The van der Waals surface area contributed by atoms with Crippen LogP contribution in [0.2, 0.25) is 0 Å². The Labute approximate surface area is 86.3 Å². The van der Waals surface area contributed by atoms with E-state index in [4.69, 9.17) is 10.5 Å². The van der Waals surface area contributed by atoms with E-state index in [0.717, 1.165) is 0 Å². The molecule has 1 atom stereocenters. The van der Waals surface area contributed by atoms with Crippen LogP contribution in [0.25, 0.3) is 0 Å². The lowest BCUT2D eigenvalue weighted by atomic mass is 10.1. The Morgan fingerprint density at radius 2 is 2.13 bits per heavy atom. The minimum Gasteiger partial charge on any atom is -0.481 e. The first kappa shape index (κ1) is 10.3. The quantitative estimate of drug-likeness (QED) is 0.813. The zero-order valence-electron chi connectivity index (χ0n) is 8.55. The third-order valence-corrected chi connectivity index (χ3v) is 2.77. The number of nitrogens with zero attached hydrogens (tertiary/aromatic N) is 1. The van der Waals surface area contributed by atoms with Gasteiger partial charge in [-0.3, -0.25) is 0 Å². The fraction of sp³-hybridized carbons (Fsp3) is 0.500. The van der Waals surface area contributed by atoms with E-state index in [1.807, 2.05) is 0 Å². The van der Waals surface area contributed by atoms with Gasteiger partial charge in [-0.1, -0.05) is 0 Å². The lowest BCUT2D eigenvalue weighted by Gasteiger charge is -2.12. The number of nitrogens with two attached hydrogens (primary N) is 1. The third-order valence-electron chi connectivity index (χ3n) is 2.77. The summed E-state index contributed by atoms with van der Waals surface area (Å²) < 4.78 is 30.9. The summed E-state index contributed by atoms with van der Waals surface area (Å²) in [5.74, 6) is -2.37. The Balaban J connectivity index is 2.37. The normalized spacial score (nSPS) is 27.5. The predicted molar refractivity (Wildman–Crippen MR) is 51.0 cm³/mol. The highest BCUT2D eigenvalue weighted by atomic mass is 19.3. The fourth-order valence-corrected chi connectivity index (χ4v) is 1.64. The third kappa shape index (κ3) is 1.38. The highest BCUT2D eigenvalue weighted by Crippen LogP contribution is 2.57. The Kier molecular flexibility index (Phi) is 1.98. The van der Waals surface area contributed by atoms with Crippen molar-refractivity contribution >= 4 is 0 Å². The molecule has 0 radical (unpaired) electrons. The second-order valence-corrected chi connectivity index (χ2v) is 3.90. The minimum absolute atomic E-state index is 0.312. The van der Waals surface area contributed by atoms with Gasteiger partial charge in [0.15, 0.2) is 0 Å². The summed E-state index contributed by atoms with van der Waals surface area (Å²) in [6.07, 6.45) is 1.04. The molecule has 0 saturated heterocycles. The maximum atomic E-state index is 13.0. The van der Waals surface area contributed by atoms with Gasteiger partial charge in [0, 0.05) is 18.2 Å². The Morgan fingerprint density at radius 1 is 1.53 bits per heavy atom. The first-order valence-electron chi connectivity index (χ1n) is 4.58. The van der Waals surface area contributed by atoms with Crippen LogP contribution in [0.3, 0.4) is 0 Å². The highest BCUT2D eigenvalue weighted by molar-refractivity contribution is 5.39. The number of aryl methyl sites for hydroxylation is 1. The van der Waals surface area contributed by atoms with E-state index in [9.17, 15) is 8.78 Å². The lowest BCUT2D eigenvalue weighted by molar-refractivity contribution is 0.0890. The first-order chi connectivity index (χ1) is 6.90. The number of hydrogen-bond donors (Lipinski definition) is 1. The van der Waals surface area contributed by atoms with E-state index in [1.165, 1.54) is 13.3 Å². The predicted octanol–water partition coefficient (Wildman–Crippen LogP) is 1.59. The number of pyridine rings is 1. The molecule has 1 aliphatic rings. The fourth-order valence-electron chi connectivity index (χ4n) is 1.64. The van der Waals surface area contributed by atoms with Crippen molar-refractivity contribution in [2.45, 2.75) is 24.8 Å². The maximum absolute atomic E-state index is 13.0. The average Bonchev–Trinajstić information content (AvgIpc) is 2.67. The first-order valence-corrected chi connectivity index (χ1v) is 4.58. The van der Waals surface area contributed by atoms with Crippen molar-refractivity contribution in [3.05, 3.63) is 23.4 Å². The Bertz CT molecular complexity index is 408. The van der Waals surface area contributed by atoms with Gasteiger partial charge in [0.2, 0.25) is 5.88 Å². The van der Waals surface area contributed by atoms with Crippen LogP contribution in [-0.4, -0.2) is 18.0 Å². The van der Waals surface area contributed by atoms with E-state index in [1.54, 1.807) is 13.0 Å². The molecule has 1 aromatic heterocycles. The van der Waals surface area contributed by atoms with Gasteiger partial charge in [0.1, 0.15) is 5.54 Å². The van der Waals surface area contributed by atoms with Crippen molar-refractivity contribution in [1.29, 1.82) is 0 Å². The van der Waals surface area contributed by atoms with Crippen LogP contribution in [0.15, 0.2) is 12.3 Å². The molecule has 5 heteroatoms. The number of rotatable bonds is 2. The molecule has 1 heterocycles. The van der Waals surface area contributed by atoms with Crippen molar-refractivity contribution in [2.75, 3.05) is 7.11 Å². The van der Waals surface area contributed by atoms with Gasteiger partial charge < -0.3 is 10.5 Å². The molecule has 1 aromatic rings. The summed E-state index contributed by atoms with van der Waals surface area (Å²) >= 11 is 0. The van der Waals surface area contributed by atoms with Gasteiger partial charge in [-0.05, 0) is 18.6 Å². The highest BCUT2D eigenvalue weighted by Gasteiger charge is 2.70. The van der Waals surface area contributed by atoms with E-state index < -0.39 is 11.5 Å². The van der Waals surface area contributed by atoms with Gasteiger partial charge in [-0.15, -0.1) is 0 Å². The number of alkyl halides is 2. The van der Waals surface area contributed by atoms with E-state index in [-0.39, 0.29) is 6.42 Å². The van der Waals surface area contributed by atoms with Crippen LogP contribution in [0.4, 0.5) is 8.78 Å². The zero-order chi connectivity index (χ0) is 11.3. The van der Waals surface area contributed by atoms with Crippen LogP contribution in [0.5, 0.6) is 5.88 Å². The number of halogens is 2. The Hall–Kier alpha value is -1.23. The van der Waals surface area contributed by atoms with Gasteiger partial charge in [-0.2, -0.15) is 0 Å².